The van der Waals surface area contributed by atoms with Crippen LogP contribution in [0.3, 0.4) is 0 Å². The summed E-state index contributed by atoms with van der Waals surface area (Å²) in [6.07, 6.45) is 4.72. The van der Waals surface area contributed by atoms with Crippen LogP contribution in [0.5, 0.6) is 0 Å². The molecule has 0 radical (unpaired) electrons. The number of aliphatic hydroxyl groups excluding tert-OH is 1. The van der Waals surface area contributed by atoms with Crippen LogP contribution in [-0.4, -0.2) is 48.2 Å². The maximum atomic E-state index is 9.29. The predicted octanol–water partition coefficient (Wildman–Crippen LogP) is 0.716. The molecule has 1 aromatic heterocycles. The molecule has 0 atom stereocenters. The number of nitrogens with zero attached hydrogens (tertiary/aromatic N) is 3. The first-order valence-electron chi connectivity index (χ1n) is 5.78. The number of likely N-dealkylation sites (N-methyl/N-ethyl adjacent to an activating group) is 1. The summed E-state index contributed by atoms with van der Waals surface area (Å²) in [6.45, 7) is 4.37. The van der Waals surface area contributed by atoms with Gasteiger partial charge in [0.25, 0.3) is 0 Å². The Kier molecular flexibility index (Phi) is 3.74. The first-order chi connectivity index (χ1) is 7.81. The first kappa shape index (κ1) is 11.4. The molecule has 1 N–H and O–H groups in total. The number of hydrogen-bond donors (Lipinski definition) is 1. The number of rotatable bonds is 2. The van der Waals surface area contributed by atoms with Crippen molar-refractivity contribution in [3.05, 3.63) is 24.0 Å². The van der Waals surface area contributed by atoms with E-state index in [-0.39, 0.29) is 6.61 Å². The summed E-state index contributed by atoms with van der Waals surface area (Å²) in [5.41, 5.74) is 2.06. The van der Waals surface area contributed by atoms with Gasteiger partial charge in [-0.15, -0.1) is 0 Å². The molecule has 1 aliphatic heterocycles. The highest BCUT2D eigenvalue weighted by molar-refractivity contribution is 5.52. The lowest BCUT2D eigenvalue weighted by Crippen LogP contribution is -2.29. The topological polar surface area (TPSA) is 39.6 Å². The van der Waals surface area contributed by atoms with E-state index in [1.807, 2.05) is 6.07 Å². The Hall–Kier alpha value is -1.13. The lowest BCUT2D eigenvalue weighted by molar-refractivity contribution is 0.281. The monoisotopic (exact) mass is 221 g/mol. The maximum Gasteiger partial charge on any atom is 0.0717 e. The second-order valence-corrected chi connectivity index (χ2v) is 4.31. The second-order valence-electron chi connectivity index (χ2n) is 4.31. The normalized spacial score (nSPS) is 18.5. The van der Waals surface area contributed by atoms with E-state index in [1.54, 1.807) is 12.4 Å². The van der Waals surface area contributed by atoms with Crippen LogP contribution in [0.15, 0.2) is 18.5 Å². The molecule has 0 saturated carbocycles. The van der Waals surface area contributed by atoms with Gasteiger partial charge >= 0.3 is 0 Å². The third kappa shape index (κ3) is 2.51. The third-order valence-electron chi connectivity index (χ3n) is 3.11. The van der Waals surface area contributed by atoms with E-state index >= 15 is 0 Å². The molecular weight excluding hydrogens is 202 g/mol. The molecule has 0 aromatic carbocycles. The standard InChI is InChI=1S/C12H19N3O/c1-14-5-2-6-15(8-7-14)12-3-4-13-9-11(12)10-16/h3-4,9,16H,2,5-8,10H2,1H3. The van der Waals surface area contributed by atoms with Crippen molar-refractivity contribution in [3.63, 3.8) is 0 Å². The summed E-state index contributed by atoms with van der Waals surface area (Å²) in [5, 5.41) is 9.29. The van der Waals surface area contributed by atoms with E-state index in [9.17, 15) is 5.11 Å². The van der Waals surface area contributed by atoms with Crippen LogP contribution in [0.2, 0.25) is 0 Å². The lowest BCUT2D eigenvalue weighted by atomic mass is 10.2. The van der Waals surface area contributed by atoms with Gasteiger partial charge in [-0.2, -0.15) is 0 Å². The number of anilines is 1. The molecule has 2 heterocycles. The van der Waals surface area contributed by atoms with Crippen LogP contribution in [0.4, 0.5) is 5.69 Å². The SMILES string of the molecule is CN1CCCN(c2ccncc2CO)CC1. The van der Waals surface area contributed by atoms with Crippen molar-refractivity contribution in [2.24, 2.45) is 0 Å². The molecule has 1 fully saturated rings. The number of hydrogen-bond acceptors (Lipinski definition) is 4. The zero-order chi connectivity index (χ0) is 11.4. The lowest BCUT2D eigenvalue weighted by Gasteiger charge is -2.24. The van der Waals surface area contributed by atoms with E-state index in [0.717, 1.165) is 37.4 Å². The largest absolute Gasteiger partial charge is 0.392 e. The number of pyridine rings is 1. The molecular formula is C12H19N3O. The van der Waals surface area contributed by atoms with Crippen LogP contribution >= 0.6 is 0 Å². The highest BCUT2D eigenvalue weighted by Crippen LogP contribution is 2.20. The Morgan fingerprint density at radius 1 is 1.31 bits per heavy atom. The van der Waals surface area contributed by atoms with E-state index in [0.29, 0.717) is 0 Å². The van der Waals surface area contributed by atoms with Crippen molar-refractivity contribution < 1.29 is 5.11 Å². The van der Waals surface area contributed by atoms with E-state index in [4.69, 9.17) is 0 Å². The molecule has 2 rings (SSSR count). The van der Waals surface area contributed by atoms with E-state index < -0.39 is 0 Å². The Morgan fingerprint density at radius 3 is 3.00 bits per heavy atom. The molecule has 0 unspecified atom stereocenters. The fourth-order valence-corrected chi connectivity index (χ4v) is 2.14. The summed E-state index contributed by atoms with van der Waals surface area (Å²) in [6, 6.07) is 2.00. The van der Waals surface area contributed by atoms with Crippen molar-refractivity contribution in [2.75, 3.05) is 38.1 Å². The van der Waals surface area contributed by atoms with Crippen LogP contribution < -0.4 is 4.90 Å². The molecule has 1 aliphatic rings. The molecule has 4 heteroatoms. The average Bonchev–Trinajstić information content (AvgIpc) is 2.54. The van der Waals surface area contributed by atoms with Gasteiger partial charge in [0.2, 0.25) is 0 Å². The summed E-state index contributed by atoms with van der Waals surface area (Å²) in [5.74, 6) is 0. The number of aromatic nitrogens is 1. The van der Waals surface area contributed by atoms with Crippen LogP contribution in [0.1, 0.15) is 12.0 Å². The van der Waals surface area contributed by atoms with Crippen LogP contribution in [-0.2, 0) is 6.61 Å². The van der Waals surface area contributed by atoms with Gasteiger partial charge in [-0.25, -0.2) is 0 Å². The highest BCUT2D eigenvalue weighted by atomic mass is 16.3. The summed E-state index contributed by atoms with van der Waals surface area (Å²) in [4.78, 5) is 8.74. The molecule has 88 valence electrons. The van der Waals surface area contributed by atoms with Gasteiger partial charge in [-0.1, -0.05) is 0 Å². The molecule has 0 bridgehead atoms. The summed E-state index contributed by atoms with van der Waals surface area (Å²) in [7, 11) is 2.16. The van der Waals surface area contributed by atoms with Crippen LogP contribution in [0, 0.1) is 0 Å². The van der Waals surface area contributed by atoms with Crippen molar-refractivity contribution in [2.45, 2.75) is 13.0 Å². The maximum absolute atomic E-state index is 9.29. The fraction of sp³-hybridized carbons (Fsp3) is 0.583. The average molecular weight is 221 g/mol. The van der Waals surface area contributed by atoms with Gasteiger partial charge in [0, 0.05) is 43.3 Å². The minimum absolute atomic E-state index is 0.0650. The van der Waals surface area contributed by atoms with Crippen molar-refractivity contribution >= 4 is 5.69 Å². The van der Waals surface area contributed by atoms with Gasteiger partial charge in [0.05, 0.1) is 6.61 Å². The van der Waals surface area contributed by atoms with Crippen molar-refractivity contribution in [1.82, 2.24) is 9.88 Å². The predicted molar refractivity (Wildman–Crippen MR) is 64.5 cm³/mol. The Balaban J connectivity index is 2.16. The zero-order valence-electron chi connectivity index (χ0n) is 9.76. The quantitative estimate of drug-likeness (QED) is 0.798. The minimum atomic E-state index is 0.0650. The minimum Gasteiger partial charge on any atom is -0.392 e. The fourth-order valence-electron chi connectivity index (χ4n) is 2.14. The molecule has 4 nitrogen and oxygen atoms in total. The molecule has 1 saturated heterocycles. The van der Waals surface area contributed by atoms with Gasteiger partial charge in [-0.3, -0.25) is 4.98 Å². The third-order valence-corrected chi connectivity index (χ3v) is 3.11. The molecule has 0 spiro atoms. The molecule has 1 aromatic rings. The van der Waals surface area contributed by atoms with Crippen molar-refractivity contribution in [1.29, 1.82) is 0 Å². The zero-order valence-corrected chi connectivity index (χ0v) is 9.76. The smallest absolute Gasteiger partial charge is 0.0717 e. The Bertz CT molecular complexity index is 343. The van der Waals surface area contributed by atoms with Gasteiger partial charge in [-0.05, 0) is 26.1 Å². The van der Waals surface area contributed by atoms with E-state index in [2.05, 4.69) is 21.8 Å². The molecule has 16 heavy (non-hydrogen) atoms. The number of aliphatic hydroxyl groups is 1. The highest BCUT2D eigenvalue weighted by Gasteiger charge is 2.14. The van der Waals surface area contributed by atoms with Crippen LogP contribution in [0.25, 0.3) is 0 Å². The Morgan fingerprint density at radius 2 is 2.19 bits per heavy atom. The van der Waals surface area contributed by atoms with E-state index in [1.165, 1.54) is 6.42 Å². The first-order valence-corrected chi connectivity index (χ1v) is 5.78. The summed E-state index contributed by atoms with van der Waals surface area (Å²) < 4.78 is 0. The Labute approximate surface area is 96.5 Å². The molecule has 0 aliphatic carbocycles. The second kappa shape index (κ2) is 5.27. The van der Waals surface area contributed by atoms with Gasteiger partial charge < -0.3 is 14.9 Å². The van der Waals surface area contributed by atoms with Gasteiger partial charge in [0.1, 0.15) is 0 Å². The molecule has 0 amide bonds. The van der Waals surface area contributed by atoms with Crippen molar-refractivity contribution in [3.8, 4) is 0 Å². The van der Waals surface area contributed by atoms with Gasteiger partial charge in [0.15, 0.2) is 0 Å². The summed E-state index contributed by atoms with van der Waals surface area (Å²) >= 11 is 0.